The second-order valence-electron chi connectivity index (χ2n) is 4.75. The SMILES string of the molecule is OC1(c2ccccc2C2CCC2)CC1. The Kier molecular flexibility index (Phi) is 1.72. The van der Waals surface area contributed by atoms with Crippen LogP contribution in [0, 0.1) is 0 Å². The highest BCUT2D eigenvalue weighted by Gasteiger charge is 2.44. The van der Waals surface area contributed by atoms with Gasteiger partial charge in [-0.15, -0.1) is 0 Å². The summed E-state index contributed by atoms with van der Waals surface area (Å²) < 4.78 is 0. The molecule has 0 unspecified atom stereocenters. The van der Waals surface area contributed by atoms with E-state index in [-0.39, 0.29) is 0 Å². The van der Waals surface area contributed by atoms with Crippen LogP contribution in [-0.4, -0.2) is 5.11 Å². The molecular weight excluding hydrogens is 172 g/mol. The molecule has 1 aromatic carbocycles. The fourth-order valence-electron chi connectivity index (χ4n) is 2.38. The van der Waals surface area contributed by atoms with Crippen molar-refractivity contribution in [2.75, 3.05) is 0 Å². The molecule has 0 spiro atoms. The molecule has 2 aliphatic carbocycles. The van der Waals surface area contributed by atoms with Crippen molar-refractivity contribution in [2.45, 2.75) is 43.6 Å². The van der Waals surface area contributed by atoms with E-state index in [1.165, 1.54) is 30.4 Å². The summed E-state index contributed by atoms with van der Waals surface area (Å²) in [5, 5.41) is 10.1. The van der Waals surface area contributed by atoms with Gasteiger partial charge in [0.25, 0.3) is 0 Å². The van der Waals surface area contributed by atoms with E-state index >= 15 is 0 Å². The van der Waals surface area contributed by atoms with Gasteiger partial charge >= 0.3 is 0 Å². The third-order valence-corrected chi connectivity index (χ3v) is 3.73. The topological polar surface area (TPSA) is 20.2 Å². The zero-order valence-corrected chi connectivity index (χ0v) is 8.37. The molecule has 3 rings (SSSR count). The van der Waals surface area contributed by atoms with E-state index in [9.17, 15) is 5.11 Å². The maximum atomic E-state index is 10.1. The number of aliphatic hydroxyl groups is 1. The normalized spacial score (nSPS) is 24.4. The Hall–Kier alpha value is -0.820. The number of benzene rings is 1. The molecule has 0 bridgehead atoms. The summed E-state index contributed by atoms with van der Waals surface area (Å²) in [5.41, 5.74) is 2.18. The third-order valence-electron chi connectivity index (χ3n) is 3.73. The van der Waals surface area contributed by atoms with Crippen LogP contribution in [0.2, 0.25) is 0 Å². The Labute approximate surface area is 84.8 Å². The zero-order chi connectivity index (χ0) is 9.60. The quantitative estimate of drug-likeness (QED) is 0.756. The van der Waals surface area contributed by atoms with Crippen LogP contribution in [0.5, 0.6) is 0 Å². The molecule has 2 fully saturated rings. The van der Waals surface area contributed by atoms with Crippen LogP contribution in [0.4, 0.5) is 0 Å². The fraction of sp³-hybridized carbons (Fsp3) is 0.538. The Morgan fingerprint density at radius 2 is 1.86 bits per heavy atom. The van der Waals surface area contributed by atoms with Gasteiger partial charge < -0.3 is 5.11 Å². The Morgan fingerprint density at radius 3 is 2.43 bits per heavy atom. The van der Waals surface area contributed by atoms with Crippen molar-refractivity contribution in [1.29, 1.82) is 0 Å². The van der Waals surface area contributed by atoms with Gasteiger partial charge in [0.1, 0.15) is 0 Å². The summed E-state index contributed by atoms with van der Waals surface area (Å²) in [5.74, 6) is 0.732. The summed E-state index contributed by atoms with van der Waals surface area (Å²) in [6.45, 7) is 0. The molecule has 1 aromatic rings. The summed E-state index contributed by atoms with van der Waals surface area (Å²) >= 11 is 0. The number of rotatable bonds is 2. The Morgan fingerprint density at radius 1 is 1.14 bits per heavy atom. The summed E-state index contributed by atoms with van der Waals surface area (Å²) in [7, 11) is 0. The van der Waals surface area contributed by atoms with Gasteiger partial charge in [0.05, 0.1) is 5.60 Å². The van der Waals surface area contributed by atoms with E-state index in [2.05, 4.69) is 18.2 Å². The molecule has 1 N–H and O–H groups in total. The number of hydrogen-bond donors (Lipinski definition) is 1. The van der Waals surface area contributed by atoms with Gasteiger partial charge in [-0.1, -0.05) is 30.7 Å². The highest BCUT2D eigenvalue weighted by atomic mass is 16.3. The largest absolute Gasteiger partial charge is 0.385 e. The lowest BCUT2D eigenvalue weighted by Crippen LogP contribution is -2.15. The lowest BCUT2D eigenvalue weighted by atomic mass is 9.77. The van der Waals surface area contributed by atoms with Crippen LogP contribution in [0.3, 0.4) is 0 Å². The van der Waals surface area contributed by atoms with E-state index < -0.39 is 5.60 Å². The van der Waals surface area contributed by atoms with Crippen molar-refractivity contribution >= 4 is 0 Å². The van der Waals surface area contributed by atoms with Crippen molar-refractivity contribution in [2.24, 2.45) is 0 Å². The lowest BCUT2D eigenvalue weighted by molar-refractivity contribution is 0.149. The molecule has 0 aliphatic heterocycles. The lowest BCUT2D eigenvalue weighted by Gasteiger charge is -2.29. The van der Waals surface area contributed by atoms with Crippen LogP contribution in [-0.2, 0) is 5.60 Å². The first kappa shape index (κ1) is 8.49. The minimum atomic E-state index is -0.452. The average molecular weight is 188 g/mol. The highest BCUT2D eigenvalue weighted by Crippen LogP contribution is 2.50. The molecule has 0 amide bonds. The molecule has 0 heterocycles. The molecule has 74 valence electrons. The minimum absolute atomic E-state index is 0.452. The van der Waals surface area contributed by atoms with Crippen LogP contribution in [0.25, 0.3) is 0 Å². The van der Waals surface area contributed by atoms with Gasteiger partial charge in [0.15, 0.2) is 0 Å². The van der Waals surface area contributed by atoms with E-state index in [0.29, 0.717) is 0 Å². The predicted molar refractivity (Wildman–Crippen MR) is 56.2 cm³/mol. The number of hydrogen-bond acceptors (Lipinski definition) is 1. The average Bonchev–Trinajstić information content (AvgIpc) is 2.83. The van der Waals surface area contributed by atoms with Crippen molar-refractivity contribution in [1.82, 2.24) is 0 Å². The Balaban J connectivity index is 2.00. The molecule has 0 saturated heterocycles. The van der Waals surface area contributed by atoms with Crippen molar-refractivity contribution in [3.05, 3.63) is 35.4 Å². The van der Waals surface area contributed by atoms with E-state index in [0.717, 1.165) is 18.8 Å². The molecule has 0 radical (unpaired) electrons. The third kappa shape index (κ3) is 1.19. The molecule has 1 nitrogen and oxygen atoms in total. The van der Waals surface area contributed by atoms with Gasteiger partial charge in [-0.2, -0.15) is 0 Å². The van der Waals surface area contributed by atoms with Crippen LogP contribution >= 0.6 is 0 Å². The zero-order valence-electron chi connectivity index (χ0n) is 8.37. The smallest absolute Gasteiger partial charge is 0.0901 e. The molecule has 1 heteroatoms. The second-order valence-corrected chi connectivity index (χ2v) is 4.75. The van der Waals surface area contributed by atoms with Gasteiger partial charge in [-0.05, 0) is 42.7 Å². The first-order valence-electron chi connectivity index (χ1n) is 5.61. The van der Waals surface area contributed by atoms with Crippen LogP contribution < -0.4 is 0 Å². The molecule has 2 aliphatic rings. The summed E-state index contributed by atoms with van der Waals surface area (Å²) in [6.07, 6.45) is 5.89. The standard InChI is InChI=1S/C13H16O/c14-13(8-9-13)12-7-2-1-6-11(12)10-4-3-5-10/h1-2,6-7,10,14H,3-5,8-9H2. The van der Waals surface area contributed by atoms with Crippen molar-refractivity contribution in [3.63, 3.8) is 0 Å². The van der Waals surface area contributed by atoms with Crippen LogP contribution in [0.15, 0.2) is 24.3 Å². The predicted octanol–water partition coefficient (Wildman–Crippen LogP) is 2.94. The first-order valence-corrected chi connectivity index (χ1v) is 5.61. The van der Waals surface area contributed by atoms with Crippen molar-refractivity contribution < 1.29 is 5.11 Å². The molecule has 0 aromatic heterocycles. The fourth-order valence-corrected chi connectivity index (χ4v) is 2.38. The Bertz CT molecular complexity index is 348. The summed E-state index contributed by atoms with van der Waals surface area (Å²) in [4.78, 5) is 0. The van der Waals surface area contributed by atoms with Gasteiger partial charge in [-0.25, -0.2) is 0 Å². The summed E-state index contributed by atoms with van der Waals surface area (Å²) in [6, 6.07) is 8.47. The molecule has 0 atom stereocenters. The first-order chi connectivity index (χ1) is 6.80. The monoisotopic (exact) mass is 188 g/mol. The van der Waals surface area contributed by atoms with Gasteiger partial charge in [0.2, 0.25) is 0 Å². The van der Waals surface area contributed by atoms with Gasteiger partial charge in [-0.3, -0.25) is 0 Å². The maximum Gasteiger partial charge on any atom is 0.0901 e. The molecular formula is C13H16O. The van der Waals surface area contributed by atoms with Gasteiger partial charge in [0, 0.05) is 0 Å². The van der Waals surface area contributed by atoms with Crippen LogP contribution in [0.1, 0.15) is 49.1 Å². The second kappa shape index (κ2) is 2.83. The van der Waals surface area contributed by atoms with E-state index in [1.54, 1.807) is 0 Å². The molecule has 14 heavy (non-hydrogen) atoms. The highest BCUT2D eigenvalue weighted by molar-refractivity contribution is 5.38. The molecule has 2 saturated carbocycles. The maximum absolute atomic E-state index is 10.1. The van der Waals surface area contributed by atoms with E-state index in [1.807, 2.05) is 6.07 Å². The van der Waals surface area contributed by atoms with E-state index in [4.69, 9.17) is 0 Å². The van der Waals surface area contributed by atoms with Crippen molar-refractivity contribution in [3.8, 4) is 0 Å². The minimum Gasteiger partial charge on any atom is -0.385 e.